The highest BCUT2D eigenvalue weighted by atomic mass is 32.2. The standard InChI is InChI=1S/C20H23N3O4S/c1-14-10-11-16(13-17(14)28(21,26)27)22-20(25)19(15-7-3-2-4-8-15)23-12-6-5-9-18(23)24/h2-4,7-8,10-11,13,19H,5-6,9,12H2,1H3,(H,22,25)(H2,21,26,27). The number of nitrogens with one attached hydrogen (secondary N) is 1. The molecule has 2 aromatic rings. The maximum atomic E-state index is 13.1. The van der Waals surface area contributed by atoms with Crippen LogP contribution in [-0.4, -0.2) is 31.7 Å². The Morgan fingerprint density at radius 1 is 1.14 bits per heavy atom. The summed E-state index contributed by atoms with van der Waals surface area (Å²) >= 11 is 0. The van der Waals surface area contributed by atoms with Crippen LogP contribution in [0.25, 0.3) is 0 Å². The summed E-state index contributed by atoms with van der Waals surface area (Å²) < 4.78 is 23.5. The molecule has 1 fully saturated rings. The molecule has 8 heteroatoms. The number of anilines is 1. The molecule has 0 bridgehead atoms. The lowest BCUT2D eigenvalue weighted by molar-refractivity contribution is -0.141. The number of nitrogens with two attached hydrogens (primary N) is 1. The molecule has 1 heterocycles. The molecule has 2 aromatic carbocycles. The number of hydrogen-bond acceptors (Lipinski definition) is 4. The highest BCUT2D eigenvalue weighted by Gasteiger charge is 2.32. The Bertz CT molecular complexity index is 990. The predicted octanol–water partition coefficient (Wildman–Crippen LogP) is 2.33. The lowest BCUT2D eigenvalue weighted by Crippen LogP contribution is -2.43. The molecule has 0 radical (unpaired) electrons. The molecule has 2 amide bonds. The molecule has 3 rings (SSSR count). The van der Waals surface area contributed by atoms with E-state index < -0.39 is 22.0 Å². The summed E-state index contributed by atoms with van der Waals surface area (Å²) in [4.78, 5) is 27.1. The van der Waals surface area contributed by atoms with Crippen LogP contribution in [0.15, 0.2) is 53.4 Å². The fourth-order valence-corrected chi connectivity index (χ4v) is 4.21. The van der Waals surface area contributed by atoms with E-state index in [9.17, 15) is 18.0 Å². The molecular weight excluding hydrogens is 378 g/mol. The average Bonchev–Trinajstić information content (AvgIpc) is 2.65. The van der Waals surface area contributed by atoms with E-state index in [0.29, 0.717) is 29.8 Å². The van der Waals surface area contributed by atoms with E-state index in [-0.39, 0.29) is 10.8 Å². The average molecular weight is 401 g/mol. The van der Waals surface area contributed by atoms with Crippen LogP contribution in [0.5, 0.6) is 0 Å². The number of likely N-dealkylation sites (tertiary alicyclic amines) is 1. The van der Waals surface area contributed by atoms with Crippen molar-refractivity contribution in [3.8, 4) is 0 Å². The van der Waals surface area contributed by atoms with Gasteiger partial charge >= 0.3 is 0 Å². The van der Waals surface area contributed by atoms with Crippen LogP contribution in [0.2, 0.25) is 0 Å². The van der Waals surface area contributed by atoms with Gasteiger partial charge in [0.2, 0.25) is 15.9 Å². The van der Waals surface area contributed by atoms with Crippen LogP contribution in [-0.2, 0) is 19.6 Å². The highest BCUT2D eigenvalue weighted by molar-refractivity contribution is 7.89. The van der Waals surface area contributed by atoms with Gasteiger partial charge in [-0.3, -0.25) is 9.59 Å². The van der Waals surface area contributed by atoms with E-state index in [1.165, 1.54) is 6.07 Å². The molecule has 1 atom stereocenters. The molecule has 148 valence electrons. The van der Waals surface area contributed by atoms with E-state index >= 15 is 0 Å². The molecule has 28 heavy (non-hydrogen) atoms. The first-order chi connectivity index (χ1) is 13.3. The second-order valence-corrected chi connectivity index (χ2v) is 8.40. The smallest absolute Gasteiger partial charge is 0.251 e. The molecule has 0 aliphatic carbocycles. The third-order valence-electron chi connectivity index (χ3n) is 4.80. The number of carbonyl (C=O) groups is 2. The van der Waals surface area contributed by atoms with Crippen LogP contribution in [0.1, 0.15) is 36.4 Å². The Labute approximate surface area is 164 Å². The summed E-state index contributed by atoms with van der Waals surface area (Å²) in [7, 11) is -3.91. The van der Waals surface area contributed by atoms with Crippen molar-refractivity contribution in [1.82, 2.24) is 4.90 Å². The molecule has 1 unspecified atom stereocenters. The minimum absolute atomic E-state index is 0.0457. The fourth-order valence-electron chi connectivity index (χ4n) is 3.40. The van der Waals surface area contributed by atoms with Gasteiger partial charge in [0.1, 0.15) is 6.04 Å². The zero-order chi connectivity index (χ0) is 20.3. The minimum Gasteiger partial charge on any atom is -0.327 e. The predicted molar refractivity (Wildman–Crippen MR) is 106 cm³/mol. The number of amides is 2. The van der Waals surface area contributed by atoms with E-state index in [1.807, 2.05) is 18.2 Å². The van der Waals surface area contributed by atoms with Crippen molar-refractivity contribution >= 4 is 27.5 Å². The van der Waals surface area contributed by atoms with Gasteiger partial charge in [-0.15, -0.1) is 0 Å². The number of benzene rings is 2. The van der Waals surface area contributed by atoms with Crippen molar-refractivity contribution in [2.45, 2.75) is 37.1 Å². The highest BCUT2D eigenvalue weighted by Crippen LogP contribution is 2.28. The van der Waals surface area contributed by atoms with Crippen LogP contribution < -0.4 is 10.5 Å². The normalized spacial score (nSPS) is 15.9. The number of primary sulfonamides is 1. The van der Waals surface area contributed by atoms with E-state index in [1.54, 1.807) is 36.1 Å². The topological polar surface area (TPSA) is 110 Å². The zero-order valence-corrected chi connectivity index (χ0v) is 16.4. The second-order valence-electron chi connectivity index (χ2n) is 6.87. The molecule has 1 aliphatic rings. The first-order valence-corrected chi connectivity index (χ1v) is 10.6. The first-order valence-electron chi connectivity index (χ1n) is 9.06. The van der Waals surface area contributed by atoms with Gasteiger partial charge in [0.25, 0.3) is 5.91 Å². The molecule has 7 nitrogen and oxygen atoms in total. The third-order valence-corrected chi connectivity index (χ3v) is 5.85. The molecule has 3 N–H and O–H groups in total. The Morgan fingerprint density at radius 3 is 2.50 bits per heavy atom. The number of hydrogen-bond donors (Lipinski definition) is 2. The lowest BCUT2D eigenvalue weighted by Gasteiger charge is -2.34. The van der Waals surface area contributed by atoms with Crippen LogP contribution in [0.4, 0.5) is 5.69 Å². The van der Waals surface area contributed by atoms with Crippen molar-refractivity contribution in [2.75, 3.05) is 11.9 Å². The van der Waals surface area contributed by atoms with Crippen molar-refractivity contribution in [3.05, 3.63) is 59.7 Å². The zero-order valence-electron chi connectivity index (χ0n) is 15.6. The molecule has 1 saturated heterocycles. The quantitative estimate of drug-likeness (QED) is 0.801. The summed E-state index contributed by atoms with van der Waals surface area (Å²) in [5.74, 6) is -0.463. The van der Waals surface area contributed by atoms with Gasteiger partial charge in [0.15, 0.2) is 0 Å². The van der Waals surface area contributed by atoms with Gasteiger partial charge in [-0.05, 0) is 43.0 Å². The molecule has 1 aliphatic heterocycles. The SMILES string of the molecule is Cc1ccc(NC(=O)C(c2ccccc2)N2CCCCC2=O)cc1S(N)(=O)=O. The maximum Gasteiger partial charge on any atom is 0.251 e. The summed E-state index contributed by atoms with van der Waals surface area (Å²) in [5.41, 5.74) is 1.50. The largest absolute Gasteiger partial charge is 0.327 e. The van der Waals surface area contributed by atoms with Gasteiger partial charge in [-0.2, -0.15) is 0 Å². The minimum atomic E-state index is -3.91. The van der Waals surface area contributed by atoms with E-state index in [4.69, 9.17) is 5.14 Å². The summed E-state index contributed by atoms with van der Waals surface area (Å²) in [6, 6.07) is 12.8. The summed E-state index contributed by atoms with van der Waals surface area (Å²) in [5, 5.41) is 8.00. The number of aryl methyl sites for hydroxylation is 1. The lowest BCUT2D eigenvalue weighted by atomic mass is 10.0. The van der Waals surface area contributed by atoms with Gasteiger partial charge < -0.3 is 10.2 Å². The molecule has 0 saturated carbocycles. The van der Waals surface area contributed by atoms with Gasteiger partial charge in [-0.25, -0.2) is 13.6 Å². The number of rotatable bonds is 5. The van der Waals surface area contributed by atoms with Crippen LogP contribution in [0, 0.1) is 6.92 Å². The Balaban J connectivity index is 1.93. The van der Waals surface area contributed by atoms with Gasteiger partial charge in [-0.1, -0.05) is 36.4 Å². The Morgan fingerprint density at radius 2 is 1.86 bits per heavy atom. The second kappa shape index (κ2) is 8.12. The van der Waals surface area contributed by atoms with Crippen molar-refractivity contribution < 1.29 is 18.0 Å². The van der Waals surface area contributed by atoms with Crippen LogP contribution in [0.3, 0.4) is 0 Å². The summed E-state index contributed by atoms with van der Waals surface area (Å²) in [6.07, 6.45) is 2.06. The number of nitrogens with zero attached hydrogens (tertiary/aromatic N) is 1. The maximum absolute atomic E-state index is 13.1. The molecular formula is C20H23N3O4S. The van der Waals surface area contributed by atoms with E-state index in [0.717, 1.165) is 12.8 Å². The fraction of sp³-hybridized carbons (Fsp3) is 0.300. The number of sulfonamides is 1. The van der Waals surface area contributed by atoms with Crippen molar-refractivity contribution in [1.29, 1.82) is 0 Å². The van der Waals surface area contributed by atoms with Gasteiger partial charge in [0, 0.05) is 18.7 Å². The third kappa shape index (κ3) is 4.40. The number of piperidine rings is 1. The Kier molecular flexibility index (Phi) is 5.81. The monoisotopic (exact) mass is 401 g/mol. The summed E-state index contributed by atoms with van der Waals surface area (Å²) in [6.45, 7) is 2.13. The van der Waals surface area contributed by atoms with Gasteiger partial charge in [0.05, 0.1) is 4.90 Å². The molecule has 0 spiro atoms. The first kappa shape index (κ1) is 20.0. The van der Waals surface area contributed by atoms with Crippen LogP contribution >= 0.6 is 0 Å². The van der Waals surface area contributed by atoms with Crippen molar-refractivity contribution in [2.24, 2.45) is 5.14 Å². The molecule has 0 aromatic heterocycles. The van der Waals surface area contributed by atoms with E-state index in [2.05, 4.69) is 5.32 Å². The Hall–Kier alpha value is -2.71. The van der Waals surface area contributed by atoms with Crippen molar-refractivity contribution in [3.63, 3.8) is 0 Å². The number of carbonyl (C=O) groups excluding carboxylic acids is 2.